The van der Waals surface area contributed by atoms with Crippen molar-refractivity contribution in [3.05, 3.63) is 96.0 Å². The molecule has 2 heterocycles. The Hall–Kier alpha value is -2.78. The van der Waals surface area contributed by atoms with Crippen molar-refractivity contribution in [2.45, 2.75) is 0 Å². The summed E-state index contributed by atoms with van der Waals surface area (Å²) in [6.45, 7) is 0. The maximum atomic E-state index is 4.13. The Balaban J connectivity index is 1.92. The summed E-state index contributed by atoms with van der Waals surface area (Å²) in [5, 5.41) is 0. The molecule has 0 fully saturated rings. The largest absolute Gasteiger partial charge is 0.265 e. The molecule has 4 aromatic rings. The Morgan fingerprint density at radius 1 is 0.480 bits per heavy atom. The van der Waals surface area contributed by atoms with Crippen molar-refractivity contribution >= 4 is 15.9 Å². The number of pyridine rings is 2. The fourth-order valence-electron chi connectivity index (χ4n) is 2.88. The van der Waals surface area contributed by atoms with Crippen LogP contribution < -0.4 is 0 Å². The van der Waals surface area contributed by atoms with Crippen molar-refractivity contribution in [2.24, 2.45) is 0 Å². The van der Waals surface area contributed by atoms with E-state index in [1.165, 1.54) is 22.3 Å². The Morgan fingerprint density at radius 3 is 1.44 bits per heavy atom. The molecule has 0 amide bonds. The van der Waals surface area contributed by atoms with E-state index in [9.17, 15) is 0 Å². The van der Waals surface area contributed by atoms with Gasteiger partial charge in [-0.3, -0.25) is 9.97 Å². The van der Waals surface area contributed by atoms with Crippen LogP contribution in [-0.4, -0.2) is 9.97 Å². The third-order valence-corrected chi connectivity index (χ3v) is 4.61. The first-order valence-corrected chi connectivity index (χ1v) is 8.81. The van der Waals surface area contributed by atoms with Crippen molar-refractivity contribution in [1.29, 1.82) is 0 Å². The number of benzene rings is 2. The summed E-state index contributed by atoms with van der Waals surface area (Å²) in [4.78, 5) is 8.26. The number of halogens is 1. The van der Waals surface area contributed by atoms with Crippen LogP contribution in [0.3, 0.4) is 0 Å². The molecule has 0 unspecified atom stereocenters. The summed E-state index contributed by atoms with van der Waals surface area (Å²) < 4.78 is 1.07. The molecule has 0 atom stereocenters. The first kappa shape index (κ1) is 15.7. The Labute approximate surface area is 155 Å². The molecule has 0 saturated carbocycles. The highest BCUT2D eigenvalue weighted by Gasteiger charge is 2.07. The number of aromatic nitrogens is 2. The molecule has 0 saturated heterocycles. The van der Waals surface area contributed by atoms with Crippen molar-refractivity contribution in [1.82, 2.24) is 9.97 Å². The number of hydrogen-bond acceptors (Lipinski definition) is 2. The minimum Gasteiger partial charge on any atom is -0.265 e. The molecular formula is C22H15BrN2. The van der Waals surface area contributed by atoms with Gasteiger partial charge in [-0.2, -0.15) is 0 Å². The van der Waals surface area contributed by atoms with Crippen LogP contribution in [0.25, 0.3) is 33.4 Å². The van der Waals surface area contributed by atoms with E-state index in [1.807, 2.05) is 55.1 Å². The fourth-order valence-corrected chi connectivity index (χ4v) is 3.28. The van der Waals surface area contributed by atoms with Crippen molar-refractivity contribution < 1.29 is 0 Å². The summed E-state index contributed by atoms with van der Waals surface area (Å²) >= 11 is 3.57. The molecule has 2 aromatic carbocycles. The molecule has 120 valence electrons. The number of nitrogens with zero attached hydrogens (tertiary/aromatic N) is 2. The van der Waals surface area contributed by atoms with Gasteiger partial charge in [0.2, 0.25) is 0 Å². The SMILES string of the molecule is Brc1cccc(-c2cc(-c3ccncc3)cc(-c3ccncc3)c2)c1. The fraction of sp³-hybridized carbons (Fsp3) is 0. The van der Waals surface area contributed by atoms with Crippen LogP contribution in [0.4, 0.5) is 0 Å². The van der Waals surface area contributed by atoms with Gasteiger partial charge in [0.25, 0.3) is 0 Å². The van der Waals surface area contributed by atoms with Crippen LogP contribution in [-0.2, 0) is 0 Å². The van der Waals surface area contributed by atoms with Crippen LogP contribution in [0.5, 0.6) is 0 Å². The quantitative estimate of drug-likeness (QED) is 0.416. The molecule has 0 aliphatic heterocycles. The number of rotatable bonds is 3. The highest BCUT2D eigenvalue weighted by molar-refractivity contribution is 9.10. The molecule has 0 spiro atoms. The van der Waals surface area contributed by atoms with Gasteiger partial charge in [-0.25, -0.2) is 0 Å². The highest BCUT2D eigenvalue weighted by atomic mass is 79.9. The summed E-state index contributed by atoms with van der Waals surface area (Å²) in [5.41, 5.74) is 7.02. The van der Waals surface area contributed by atoms with Crippen LogP contribution in [0.15, 0.2) is 96.0 Å². The van der Waals surface area contributed by atoms with Gasteiger partial charge in [0, 0.05) is 29.3 Å². The smallest absolute Gasteiger partial charge is 0.0273 e. The molecule has 3 heteroatoms. The van der Waals surface area contributed by atoms with E-state index in [0.29, 0.717) is 0 Å². The molecule has 0 bridgehead atoms. The average Bonchev–Trinajstić information content (AvgIpc) is 2.69. The van der Waals surface area contributed by atoms with Crippen LogP contribution in [0, 0.1) is 0 Å². The van der Waals surface area contributed by atoms with Gasteiger partial charge < -0.3 is 0 Å². The highest BCUT2D eigenvalue weighted by Crippen LogP contribution is 2.33. The van der Waals surface area contributed by atoms with E-state index in [-0.39, 0.29) is 0 Å². The summed E-state index contributed by atoms with van der Waals surface area (Å²) in [6, 6.07) is 23.2. The van der Waals surface area contributed by atoms with Gasteiger partial charge in [-0.1, -0.05) is 28.1 Å². The average molecular weight is 387 g/mol. The lowest BCUT2D eigenvalue weighted by molar-refractivity contribution is 1.33. The zero-order valence-corrected chi connectivity index (χ0v) is 15.0. The van der Waals surface area contributed by atoms with Gasteiger partial charge in [-0.15, -0.1) is 0 Å². The van der Waals surface area contributed by atoms with E-state index in [0.717, 1.165) is 15.6 Å². The molecule has 2 nitrogen and oxygen atoms in total. The molecule has 4 rings (SSSR count). The number of hydrogen-bond donors (Lipinski definition) is 0. The van der Waals surface area contributed by atoms with E-state index >= 15 is 0 Å². The summed E-state index contributed by atoms with van der Waals surface area (Å²) in [5.74, 6) is 0. The van der Waals surface area contributed by atoms with Gasteiger partial charge in [0.15, 0.2) is 0 Å². The van der Waals surface area contributed by atoms with Crippen LogP contribution in [0.2, 0.25) is 0 Å². The lowest BCUT2D eigenvalue weighted by Gasteiger charge is -2.11. The van der Waals surface area contributed by atoms with E-state index in [1.54, 1.807) is 0 Å². The second kappa shape index (κ2) is 6.99. The van der Waals surface area contributed by atoms with Gasteiger partial charge in [0.1, 0.15) is 0 Å². The molecule has 2 aromatic heterocycles. The molecule has 0 radical (unpaired) electrons. The van der Waals surface area contributed by atoms with E-state index in [4.69, 9.17) is 0 Å². The van der Waals surface area contributed by atoms with E-state index < -0.39 is 0 Å². The Bertz CT molecular complexity index is 941. The predicted molar refractivity (Wildman–Crippen MR) is 106 cm³/mol. The van der Waals surface area contributed by atoms with Gasteiger partial charge in [-0.05, 0) is 88.0 Å². The lowest BCUT2D eigenvalue weighted by Crippen LogP contribution is -1.86. The minimum absolute atomic E-state index is 1.07. The van der Waals surface area contributed by atoms with Gasteiger partial charge in [0.05, 0.1) is 0 Å². The van der Waals surface area contributed by atoms with E-state index in [2.05, 4.69) is 62.3 Å². The maximum Gasteiger partial charge on any atom is 0.0273 e. The zero-order chi connectivity index (χ0) is 17.1. The molecule has 0 aliphatic rings. The Kier molecular flexibility index (Phi) is 4.40. The lowest BCUT2D eigenvalue weighted by atomic mass is 9.94. The summed E-state index contributed by atoms with van der Waals surface area (Å²) in [6.07, 6.45) is 7.31. The monoisotopic (exact) mass is 386 g/mol. The third kappa shape index (κ3) is 3.52. The van der Waals surface area contributed by atoms with Crippen molar-refractivity contribution in [3.63, 3.8) is 0 Å². The predicted octanol–water partition coefficient (Wildman–Crippen LogP) is 6.24. The molecule has 25 heavy (non-hydrogen) atoms. The summed E-state index contributed by atoms with van der Waals surface area (Å²) in [7, 11) is 0. The van der Waals surface area contributed by atoms with Crippen LogP contribution in [0.1, 0.15) is 0 Å². The normalized spacial score (nSPS) is 10.6. The first-order chi connectivity index (χ1) is 12.3. The van der Waals surface area contributed by atoms with Crippen LogP contribution >= 0.6 is 15.9 Å². The molecular weight excluding hydrogens is 372 g/mol. The third-order valence-electron chi connectivity index (χ3n) is 4.12. The molecule has 0 aliphatic carbocycles. The van der Waals surface area contributed by atoms with Gasteiger partial charge >= 0.3 is 0 Å². The second-order valence-electron chi connectivity index (χ2n) is 5.78. The standard InChI is InChI=1S/C22H15BrN2/c23-22-3-1-2-18(15-22)21-13-19(16-4-8-24-9-5-16)12-20(14-21)17-6-10-25-11-7-17/h1-15H. The first-order valence-electron chi connectivity index (χ1n) is 8.01. The maximum absolute atomic E-state index is 4.13. The second-order valence-corrected chi connectivity index (χ2v) is 6.70. The topological polar surface area (TPSA) is 25.8 Å². The van der Waals surface area contributed by atoms with Crippen molar-refractivity contribution in [2.75, 3.05) is 0 Å². The van der Waals surface area contributed by atoms with Crippen molar-refractivity contribution in [3.8, 4) is 33.4 Å². The minimum atomic E-state index is 1.07. The zero-order valence-electron chi connectivity index (χ0n) is 13.4. The molecule has 0 N–H and O–H groups in total. The Morgan fingerprint density at radius 2 is 0.960 bits per heavy atom.